The lowest BCUT2D eigenvalue weighted by atomic mass is 9.68. The van der Waals surface area contributed by atoms with Crippen LogP contribution in [0.1, 0.15) is 40.2 Å². The van der Waals surface area contributed by atoms with Gasteiger partial charge >= 0.3 is 0 Å². The summed E-state index contributed by atoms with van der Waals surface area (Å²) >= 11 is 0. The molecule has 0 radical (unpaired) electrons. The third-order valence-electron chi connectivity index (χ3n) is 8.11. The van der Waals surface area contributed by atoms with Gasteiger partial charge in [0, 0.05) is 40.9 Å². The lowest BCUT2D eigenvalue weighted by Gasteiger charge is -2.37. The van der Waals surface area contributed by atoms with Crippen LogP contribution in [0.15, 0.2) is 66.7 Å². The number of nitrogens with zero attached hydrogens (tertiary/aromatic N) is 2. The minimum absolute atomic E-state index is 0.0464. The minimum atomic E-state index is -1.30. The topological polar surface area (TPSA) is 102 Å². The van der Waals surface area contributed by atoms with Crippen molar-refractivity contribution in [2.75, 3.05) is 19.0 Å². The average Bonchev–Trinajstić information content (AvgIpc) is 3.57. The van der Waals surface area contributed by atoms with E-state index in [1.807, 2.05) is 6.07 Å². The fourth-order valence-corrected chi connectivity index (χ4v) is 6.65. The number of amides is 1. The van der Waals surface area contributed by atoms with Crippen molar-refractivity contribution in [1.29, 1.82) is 0 Å². The van der Waals surface area contributed by atoms with Crippen LogP contribution in [0.5, 0.6) is 5.75 Å². The molecule has 3 heterocycles. The molecule has 3 aliphatic rings. The van der Waals surface area contributed by atoms with Gasteiger partial charge < -0.3 is 10.1 Å². The monoisotopic (exact) mass is 501 g/mol. The Labute approximate surface area is 212 Å². The molecule has 2 saturated heterocycles. The number of carbonyl (C=O) groups excluding carboxylic acids is 2. The number of nitrogens with one attached hydrogen (secondary N) is 1. The number of carbonyl (C=O) groups is 2. The molecule has 3 aromatic carbocycles. The molecule has 3 unspecified atom stereocenters. The van der Waals surface area contributed by atoms with E-state index < -0.39 is 28.1 Å². The molecule has 0 aromatic heterocycles. The molecule has 188 valence electrons. The van der Waals surface area contributed by atoms with E-state index in [1.165, 1.54) is 36.4 Å². The second-order valence-corrected chi connectivity index (χ2v) is 9.76. The van der Waals surface area contributed by atoms with Gasteiger partial charge in [0.05, 0.1) is 18.0 Å². The molecule has 0 bridgehead atoms. The van der Waals surface area contributed by atoms with E-state index >= 15 is 0 Å². The largest absolute Gasteiger partial charge is 0.497 e. The highest BCUT2D eigenvalue weighted by Gasteiger charge is 2.69. The molecule has 8 nitrogen and oxygen atoms in total. The number of non-ortho nitro benzene ring substituents is 1. The third-order valence-corrected chi connectivity index (χ3v) is 8.11. The Balaban J connectivity index is 1.59. The molecule has 3 aliphatic heterocycles. The molecule has 0 saturated carbocycles. The van der Waals surface area contributed by atoms with Crippen LogP contribution < -0.4 is 10.1 Å². The number of ether oxygens (including phenoxy) is 1. The second kappa shape index (κ2) is 8.48. The summed E-state index contributed by atoms with van der Waals surface area (Å²) in [6.07, 6.45) is 1.61. The highest BCUT2D eigenvalue weighted by atomic mass is 19.1. The zero-order valence-corrected chi connectivity index (χ0v) is 20.0. The maximum Gasteiger partial charge on any atom is 0.269 e. The number of anilines is 1. The van der Waals surface area contributed by atoms with Gasteiger partial charge in [0.25, 0.3) is 5.69 Å². The smallest absolute Gasteiger partial charge is 0.269 e. The third kappa shape index (κ3) is 3.30. The van der Waals surface area contributed by atoms with Crippen molar-refractivity contribution in [3.63, 3.8) is 0 Å². The van der Waals surface area contributed by atoms with Crippen LogP contribution in [0.4, 0.5) is 15.8 Å². The number of ketones is 1. The van der Waals surface area contributed by atoms with Gasteiger partial charge in [-0.2, -0.15) is 0 Å². The number of hydrogen-bond donors (Lipinski definition) is 1. The molecule has 9 heteroatoms. The molecule has 1 amide bonds. The van der Waals surface area contributed by atoms with E-state index in [0.29, 0.717) is 29.1 Å². The standard InChI is InChI=1S/C28H24FN3O5/c1-37-20-12-13-22-21(15-20)28(27(34)30-22)25(26(33)17-4-8-18(29)9-5-17)24(23-3-2-14-31(23)28)16-6-10-19(11-7-16)32(35)36/h4-13,15,23-25H,2-3,14H2,1H3,(H,30,34)/t23?,24?,25?,28-/m1/s1. The summed E-state index contributed by atoms with van der Waals surface area (Å²) in [6, 6.07) is 16.8. The second-order valence-electron chi connectivity index (χ2n) is 9.76. The van der Waals surface area contributed by atoms with Crippen LogP contribution in [-0.4, -0.2) is 41.2 Å². The van der Waals surface area contributed by atoms with Crippen LogP contribution in [-0.2, 0) is 10.3 Å². The highest BCUT2D eigenvalue weighted by Crippen LogP contribution is 2.61. The maximum absolute atomic E-state index is 14.4. The fraction of sp³-hybridized carbons (Fsp3) is 0.286. The molecule has 2 fully saturated rings. The number of methoxy groups -OCH3 is 1. The van der Waals surface area contributed by atoms with Crippen LogP contribution in [0.25, 0.3) is 0 Å². The Bertz CT molecular complexity index is 1420. The van der Waals surface area contributed by atoms with E-state index in [0.717, 1.165) is 18.4 Å². The summed E-state index contributed by atoms with van der Waals surface area (Å²) in [4.78, 5) is 41.3. The van der Waals surface area contributed by atoms with E-state index in [4.69, 9.17) is 4.74 Å². The summed E-state index contributed by atoms with van der Waals surface area (Å²) < 4.78 is 19.2. The number of nitro groups is 1. The highest BCUT2D eigenvalue weighted by molar-refractivity contribution is 6.12. The predicted octanol–water partition coefficient (Wildman–Crippen LogP) is 4.65. The zero-order chi connectivity index (χ0) is 25.9. The van der Waals surface area contributed by atoms with Gasteiger partial charge in [-0.15, -0.1) is 0 Å². The predicted molar refractivity (Wildman–Crippen MR) is 133 cm³/mol. The van der Waals surface area contributed by atoms with E-state index in [9.17, 15) is 24.1 Å². The minimum Gasteiger partial charge on any atom is -0.497 e. The molecular weight excluding hydrogens is 477 g/mol. The Hall–Kier alpha value is -4.11. The Morgan fingerprint density at radius 1 is 1.14 bits per heavy atom. The summed E-state index contributed by atoms with van der Waals surface area (Å²) in [5.74, 6) is -1.71. The molecule has 0 aliphatic carbocycles. The zero-order valence-electron chi connectivity index (χ0n) is 20.0. The summed E-state index contributed by atoms with van der Waals surface area (Å²) in [6.45, 7) is 0.616. The number of fused-ring (bicyclic) bond motifs is 4. The van der Waals surface area contributed by atoms with Crippen LogP contribution in [0.3, 0.4) is 0 Å². The van der Waals surface area contributed by atoms with Crippen LogP contribution in [0, 0.1) is 21.8 Å². The van der Waals surface area contributed by atoms with Gasteiger partial charge in [0.2, 0.25) is 5.91 Å². The van der Waals surface area contributed by atoms with Crippen molar-refractivity contribution in [3.05, 3.63) is 99.4 Å². The van der Waals surface area contributed by atoms with Crippen molar-refractivity contribution < 1.29 is 23.6 Å². The Morgan fingerprint density at radius 3 is 2.54 bits per heavy atom. The van der Waals surface area contributed by atoms with E-state index in [2.05, 4.69) is 10.2 Å². The average molecular weight is 502 g/mol. The molecule has 3 aromatic rings. The molecule has 6 rings (SSSR count). The summed E-state index contributed by atoms with van der Waals surface area (Å²) in [7, 11) is 1.55. The molecular formula is C28H24FN3O5. The fourth-order valence-electron chi connectivity index (χ4n) is 6.65. The number of benzene rings is 3. The molecule has 1 spiro atoms. The van der Waals surface area contributed by atoms with Gasteiger partial charge in [0.1, 0.15) is 17.1 Å². The number of hydrogen-bond acceptors (Lipinski definition) is 6. The summed E-state index contributed by atoms with van der Waals surface area (Å²) in [5, 5.41) is 14.3. The molecule has 4 atom stereocenters. The van der Waals surface area contributed by atoms with Gasteiger partial charge in [-0.1, -0.05) is 12.1 Å². The number of halogens is 1. The first-order chi connectivity index (χ1) is 17.9. The Morgan fingerprint density at radius 2 is 1.86 bits per heavy atom. The number of Topliss-reactive ketones (excluding diaryl/α,β-unsaturated/α-hetero) is 1. The van der Waals surface area contributed by atoms with Crippen molar-refractivity contribution in [2.24, 2.45) is 5.92 Å². The SMILES string of the molecule is COc1ccc2c(c1)[C@]1(C(=O)N2)C(C(=O)c2ccc(F)cc2)C(c2ccc([N+](=O)[O-])cc2)C2CCCN21. The van der Waals surface area contributed by atoms with Gasteiger partial charge in [-0.05, 0) is 67.4 Å². The Kier molecular flexibility index (Phi) is 5.34. The first-order valence-electron chi connectivity index (χ1n) is 12.2. The van der Waals surface area contributed by atoms with Crippen molar-refractivity contribution in [1.82, 2.24) is 4.90 Å². The number of rotatable bonds is 5. The maximum atomic E-state index is 14.4. The van der Waals surface area contributed by atoms with Crippen molar-refractivity contribution in [2.45, 2.75) is 30.3 Å². The lowest BCUT2D eigenvalue weighted by Crippen LogP contribution is -2.52. The first-order valence-corrected chi connectivity index (χ1v) is 12.2. The number of nitro benzene ring substituents is 1. The van der Waals surface area contributed by atoms with Crippen molar-refractivity contribution in [3.8, 4) is 5.75 Å². The van der Waals surface area contributed by atoms with Crippen molar-refractivity contribution >= 4 is 23.1 Å². The molecule has 37 heavy (non-hydrogen) atoms. The molecule has 1 N–H and O–H groups in total. The van der Waals surface area contributed by atoms with E-state index in [-0.39, 0.29) is 23.4 Å². The quantitative estimate of drug-likeness (QED) is 0.310. The normalized spacial score (nSPS) is 26.1. The summed E-state index contributed by atoms with van der Waals surface area (Å²) in [5.41, 5.74) is 1.01. The van der Waals surface area contributed by atoms with E-state index in [1.54, 1.807) is 31.4 Å². The van der Waals surface area contributed by atoms with Gasteiger partial charge in [0.15, 0.2) is 5.78 Å². The van der Waals surface area contributed by atoms with Gasteiger partial charge in [-0.3, -0.25) is 24.6 Å². The van der Waals surface area contributed by atoms with Crippen LogP contribution >= 0.6 is 0 Å². The van der Waals surface area contributed by atoms with Gasteiger partial charge in [-0.25, -0.2) is 4.39 Å². The lowest BCUT2D eigenvalue weighted by molar-refractivity contribution is -0.384. The first kappa shape index (κ1) is 23.3. The van der Waals surface area contributed by atoms with Crippen LogP contribution in [0.2, 0.25) is 0 Å².